The normalized spacial score (nSPS) is 14.2. The molecule has 0 radical (unpaired) electrons. The SMILES string of the molecule is CCC(N)/N=C(\N)c1ccccc1. The molecular formula is C10H15N3. The Balaban J connectivity index is 2.79. The Labute approximate surface area is 78.5 Å². The first-order valence-corrected chi connectivity index (χ1v) is 4.38. The molecule has 1 rings (SSSR count). The molecule has 0 aromatic heterocycles. The maximum absolute atomic E-state index is 5.74. The summed E-state index contributed by atoms with van der Waals surface area (Å²) in [5.74, 6) is 0.509. The molecular weight excluding hydrogens is 162 g/mol. The summed E-state index contributed by atoms with van der Waals surface area (Å²) in [6, 6.07) is 9.63. The fourth-order valence-electron chi connectivity index (χ4n) is 0.953. The van der Waals surface area contributed by atoms with Gasteiger partial charge >= 0.3 is 0 Å². The lowest BCUT2D eigenvalue weighted by atomic mass is 10.2. The zero-order chi connectivity index (χ0) is 9.68. The van der Waals surface area contributed by atoms with Crippen molar-refractivity contribution < 1.29 is 0 Å². The second-order valence-electron chi connectivity index (χ2n) is 2.86. The van der Waals surface area contributed by atoms with Crippen molar-refractivity contribution in [2.24, 2.45) is 16.5 Å². The van der Waals surface area contributed by atoms with Gasteiger partial charge in [0.1, 0.15) is 5.84 Å². The summed E-state index contributed by atoms with van der Waals surface area (Å²) in [6.07, 6.45) is 0.605. The molecule has 70 valence electrons. The van der Waals surface area contributed by atoms with E-state index in [4.69, 9.17) is 11.5 Å². The molecule has 1 unspecified atom stereocenters. The molecule has 4 N–H and O–H groups in total. The van der Waals surface area contributed by atoms with Crippen molar-refractivity contribution in [3.63, 3.8) is 0 Å². The van der Waals surface area contributed by atoms with Crippen LogP contribution >= 0.6 is 0 Å². The van der Waals surface area contributed by atoms with Gasteiger partial charge in [-0.15, -0.1) is 0 Å². The lowest BCUT2D eigenvalue weighted by Gasteiger charge is -2.04. The van der Waals surface area contributed by atoms with Crippen LogP contribution in [-0.2, 0) is 0 Å². The van der Waals surface area contributed by atoms with Gasteiger partial charge in [0.25, 0.3) is 0 Å². The summed E-state index contributed by atoms with van der Waals surface area (Å²) in [6.45, 7) is 1.98. The van der Waals surface area contributed by atoms with Gasteiger partial charge in [0.15, 0.2) is 0 Å². The maximum atomic E-state index is 5.74. The Morgan fingerprint density at radius 3 is 2.54 bits per heavy atom. The number of nitrogens with zero attached hydrogens (tertiary/aromatic N) is 1. The third kappa shape index (κ3) is 2.87. The second-order valence-corrected chi connectivity index (χ2v) is 2.86. The molecule has 3 heteroatoms. The van der Waals surface area contributed by atoms with E-state index in [0.29, 0.717) is 5.84 Å². The van der Waals surface area contributed by atoms with Crippen LogP contribution in [0.15, 0.2) is 35.3 Å². The van der Waals surface area contributed by atoms with Crippen LogP contribution in [0.25, 0.3) is 0 Å². The summed E-state index contributed by atoms with van der Waals surface area (Å²) in [5, 5.41) is 0. The Bertz CT molecular complexity index is 279. The Morgan fingerprint density at radius 2 is 2.00 bits per heavy atom. The van der Waals surface area contributed by atoms with Crippen LogP contribution in [0.3, 0.4) is 0 Å². The van der Waals surface area contributed by atoms with Crippen molar-refractivity contribution in [3.05, 3.63) is 35.9 Å². The first-order valence-electron chi connectivity index (χ1n) is 4.38. The van der Waals surface area contributed by atoms with Crippen LogP contribution in [0.1, 0.15) is 18.9 Å². The third-order valence-corrected chi connectivity index (χ3v) is 1.79. The molecule has 0 aliphatic heterocycles. The van der Waals surface area contributed by atoms with E-state index < -0.39 is 0 Å². The molecule has 1 aromatic carbocycles. The van der Waals surface area contributed by atoms with E-state index in [0.717, 1.165) is 12.0 Å². The van der Waals surface area contributed by atoms with Crippen molar-refractivity contribution in [1.29, 1.82) is 0 Å². The van der Waals surface area contributed by atoms with Crippen molar-refractivity contribution >= 4 is 5.84 Å². The summed E-state index contributed by atoms with van der Waals surface area (Å²) >= 11 is 0. The van der Waals surface area contributed by atoms with Gasteiger partial charge in [0, 0.05) is 5.56 Å². The zero-order valence-electron chi connectivity index (χ0n) is 7.77. The van der Waals surface area contributed by atoms with Gasteiger partial charge in [-0.1, -0.05) is 37.3 Å². The van der Waals surface area contributed by atoms with Gasteiger partial charge in [0.05, 0.1) is 6.17 Å². The van der Waals surface area contributed by atoms with E-state index in [1.807, 2.05) is 37.3 Å². The zero-order valence-corrected chi connectivity index (χ0v) is 7.77. The predicted octanol–water partition coefficient (Wildman–Crippen LogP) is 1.09. The number of rotatable bonds is 3. The van der Waals surface area contributed by atoms with Gasteiger partial charge in [-0.3, -0.25) is 0 Å². The van der Waals surface area contributed by atoms with Crippen LogP contribution in [-0.4, -0.2) is 12.0 Å². The fraction of sp³-hybridized carbons (Fsp3) is 0.300. The topological polar surface area (TPSA) is 64.4 Å². The summed E-state index contributed by atoms with van der Waals surface area (Å²) in [7, 11) is 0. The standard InChI is InChI=1S/C10H15N3/c1-2-9(11)13-10(12)8-6-4-3-5-7-8/h3-7,9H,2,11H2,1H3,(H2,12,13). The highest BCUT2D eigenvalue weighted by atomic mass is 15.0. The largest absolute Gasteiger partial charge is 0.383 e. The minimum atomic E-state index is -0.194. The molecule has 0 amide bonds. The number of benzene rings is 1. The van der Waals surface area contributed by atoms with Crippen LogP contribution in [0, 0.1) is 0 Å². The van der Waals surface area contributed by atoms with E-state index in [9.17, 15) is 0 Å². The highest BCUT2D eigenvalue weighted by Gasteiger charge is 1.99. The smallest absolute Gasteiger partial charge is 0.127 e. The Morgan fingerprint density at radius 1 is 1.38 bits per heavy atom. The molecule has 1 aromatic rings. The van der Waals surface area contributed by atoms with Crippen molar-refractivity contribution in [3.8, 4) is 0 Å². The number of hydrogen-bond donors (Lipinski definition) is 2. The minimum absolute atomic E-state index is 0.194. The van der Waals surface area contributed by atoms with Gasteiger partial charge in [-0.05, 0) is 6.42 Å². The molecule has 0 heterocycles. The maximum Gasteiger partial charge on any atom is 0.127 e. The fourth-order valence-corrected chi connectivity index (χ4v) is 0.953. The minimum Gasteiger partial charge on any atom is -0.383 e. The average molecular weight is 177 g/mol. The number of aliphatic imine (C=N–C) groups is 1. The highest BCUT2D eigenvalue weighted by molar-refractivity contribution is 5.97. The molecule has 0 saturated carbocycles. The van der Waals surface area contributed by atoms with Crippen LogP contribution in [0.5, 0.6) is 0 Å². The molecule has 0 saturated heterocycles. The molecule has 3 nitrogen and oxygen atoms in total. The molecule has 0 aliphatic carbocycles. The van der Waals surface area contributed by atoms with E-state index >= 15 is 0 Å². The van der Waals surface area contributed by atoms with Crippen molar-refractivity contribution in [2.45, 2.75) is 19.5 Å². The third-order valence-electron chi connectivity index (χ3n) is 1.79. The van der Waals surface area contributed by atoms with Crippen LogP contribution < -0.4 is 11.5 Å². The van der Waals surface area contributed by atoms with Crippen molar-refractivity contribution in [2.75, 3.05) is 0 Å². The number of nitrogens with two attached hydrogens (primary N) is 2. The number of amidine groups is 1. The first-order chi connectivity index (χ1) is 6.24. The van der Waals surface area contributed by atoms with E-state index in [1.165, 1.54) is 0 Å². The average Bonchev–Trinajstić information content (AvgIpc) is 2.19. The summed E-state index contributed by atoms with van der Waals surface area (Å²) in [5.41, 5.74) is 12.3. The lowest BCUT2D eigenvalue weighted by Crippen LogP contribution is -2.23. The molecule has 0 fully saturated rings. The van der Waals surface area contributed by atoms with Gasteiger partial charge in [-0.2, -0.15) is 0 Å². The Kier molecular flexibility index (Phi) is 3.46. The quantitative estimate of drug-likeness (QED) is 0.536. The summed E-state index contributed by atoms with van der Waals surface area (Å²) < 4.78 is 0. The molecule has 13 heavy (non-hydrogen) atoms. The van der Waals surface area contributed by atoms with E-state index in [2.05, 4.69) is 4.99 Å². The Hall–Kier alpha value is -1.35. The molecule has 0 bridgehead atoms. The van der Waals surface area contributed by atoms with Crippen LogP contribution in [0.2, 0.25) is 0 Å². The highest BCUT2D eigenvalue weighted by Crippen LogP contribution is 1.99. The second kappa shape index (κ2) is 4.62. The monoisotopic (exact) mass is 177 g/mol. The summed E-state index contributed by atoms with van der Waals surface area (Å²) in [4.78, 5) is 4.14. The van der Waals surface area contributed by atoms with Gasteiger partial charge in [-0.25, -0.2) is 4.99 Å². The van der Waals surface area contributed by atoms with Crippen LogP contribution in [0.4, 0.5) is 0 Å². The predicted molar refractivity (Wildman–Crippen MR) is 55.4 cm³/mol. The molecule has 0 aliphatic rings. The van der Waals surface area contributed by atoms with Gasteiger partial charge in [0.2, 0.25) is 0 Å². The molecule has 0 spiro atoms. The van der Waals surface area contributed by atoms with E-state index in [-0.39, 0.29) is 6.17 Å². The molecule has 1 atom stereocenters. The lowest BCUT2D eigenvalue weighted by molar-refractivity contribution is 0.684. The number of hydrogen-bond acceptors (Lipinski definition) is 2. The van der Waals surface area contributed by atoms with E-state index in [1.54, 1.807) is 0 Å². The first kappa shape index (κ1) is 9.74. The van der Waals surface area contributed by atoms with Crippen molar-refractivity contribution in [1.82, 2.24) is 0 Å². The van der Waals surface area contributed by atoms with Gasteiger partial charge < -0.3 is 11.5 Å².